The molecule has 4 nitrogen and oxygen atoms in total. The second-order valence-electron chi connectivity index (χ2n) is 4.23. The monoisotopic (exact) mass is 217 g/mol. The maximum atomic E-state index is 5.59. The number of para-hydroxylation sites is 2. The third kappa shape index (κ3) is 1.88. The van der Waals surface area contributed by atoms with Crippen molar-refractivity contribution in [2.45, 2.75) is 6.42 Å². The minimum atomic E-state index is 0.633. The number of benzene rings is 1. The zero-order chi connectivity index (χ0) is 10.8. The Labute approximate surface area is 94.0 Å². The Balaban J connectivity index is 1.69. The van der Waals surface area contributed by atoms with Crippen molar-refractivity contribution in [3.05, 3.63) is 24.3 Å². The molecule has 1 atom stereocenters. The number of fused-ring (bicyclic) bond motifs is 1. The number of nitrogens with zero attached hydrogens (tertiary/aromatic N) is 1. The first-order chi connectivity index (χ1) is 7.92. The van der Waals surface area contributed by atoms with E-state index in [1.54, 1.807) is 0 Å². The Morgan fingerprint density at radius 3 is 3.19 bits per heavy atom. The summed E-state index contributed by atoms with van der Waals surface area (Å²) in [4.78, 5) is 4.38. The number of aromatic nitrogens is 1. The molecule has 4 heteroatoms. The molecule has 1 aliphatic rings. The van der Waals surface area contributed by atoms with Gasteiger partial charge in [0.15, 0.2) is 5.58 Å². The van der Waals surface area contributed by atoms with Crippen LogP contribution >= 0.6 is 0 Å². The van der Waals surface area contributed by atoms with Crippen molar-refractivity contribution in [3.63, 3.8) is 0 Å². The summed E-state index contributed by atoms with van der Waals surface area (Å²) in [5, 5.41) is 6.60. The van der Waals surface area contributed by atoms with Crippen molar-refractivity contribution < 1.29 is 4.42 Å². The fourth-order valence-corrected chi connectivity index (χ4v) is 2.07. The summed E-state index contributed by atoms with van der Waals surface area (Å²) < 4.78 is 5.59. The number of oxazole rings is 1. The number of nitrogens with one attached hydrogen (secondary N) is 2. The second-order valence-corrected chi connectivity index (χ2v) is 4.23. The predicted molar refractivity (Wildman–Crippen MR) is 63.5 cm³/mol. The zero-order valence-electron chi connectivity index (χ0n) is 9.07. The molecule has 0 saturated carbocycles. The van der Waals surface area contributed by atoms with E-state index < -0.39 is 0 Å². The van der Waals surface area contributed by atoms with Crippen LogP contribution < -0.4 is 10.6 Å². The van der Waals surface area contributed by atoms with Crippen molar-refractivity contribution in [2.24, 2.45) is 5.92 Å². The number of hydrogen-bond donors (Lipinski definition) is 2. The summed E-state index contributed by atoms with van der Waals surface area (Å²) in [5.41, 5.74) is 1.75. The number of anilines is 1. The largest absolute Gasteiger partial charge is 0.424 e. The topological polar surface area (TPSA) is 50.1 Å². The summed E-state index contributed by atoms with van der Waals surface area (Å²) in [7, 11) is 0. The van der Waals surface area contributed by atoms with Gasteiger partial charge >= 0.3 is 0 Å². The van der Waals surface area contributed by atoms with E-state index in [-0.39, 0.29) is 0 Å². The van der Waals surface area contributed by atoms with Crippen LogP contribution in [0, 0.1) is 5.92 Å². The summed E-state index contributed by atoms with van der Waals surface area (Å²) in [6.07, 6.45) is 1.23. The van der Waals surface area contributed by atoms with E-state index in [2.05, 4.69) is 15.6 Å². The van der Waals surface area contributed by atoms with Gasteiger partial charge in [-0.05, 0) is 37.6 Å². The molecule has 1 fully saturated rings. The van der Waals surface area contributed by atoms with Crippen LogP contribution in [0.1, 0.15) is 6.42 Å². The molecular formula is C12H15N3O. The van der Waals surface area contributed by atoms with Crippen LogP contribution in [0.2, 0.25) is 0 Å². The third-order valence-corrected chi connectivity index (χ3v) is 3.00. The highest BCUT2D eigenvalue weighted by Gasteiger charge is 2.14. The summed E-state index contributed by atoms with van der Waals surface area (Å²) in [6.45, 7) is 3.15. The van der Waals surface area contributed by atoms with E-state index in [0.717, 1.165) is 30.7 Å². The van der Waals surface area contributed by atoms with Gasteiger partial charge < -0.3 is 15.1 Å². The van der Waals surface area contributed by atoms with Crippen molar-refractivity contribution in [1.29, 1.82) is 0 Å². The normalized spacial score (nSPS) is 20.4. The van der Waals surface area contributed by atoms with Gasteiger partial charge in [0.05, 0.1) is 0 Å². The maximum Gasteiger partial charge on any atom is 0.295 e. The molecule has 1 saturated heterocycles. The molecule has 0 radical (unpaired) electrons. The summed E-state index contributed by atoms with van der Waals surface area (Å²) in [5.74, 6) is 0.690. The zero-order valence-corrected chi connectivity index (χ0v) is 9.07. The Bertz CT molecular complexity index is 441. The van der Waals surface area contributed by atoms with E-state index in [1.165, 1.54) is 6.42 Å². The van der Waals surface area contributed by atoms with Crippen LogP contribution in [0.3, 0.4) is 0 Å². The van der Waals surface area contributed by atoms with Gasteiger partial charge in [0.2, 0.25) is 0 Å². The van der Waals surface area contributed by atoms with Gasteiger partial charge in [-0.25, -0.2) is 0 Å². The fourth-order valence-electron chi connectivity index (χ4n) is 2.07. The maximum absolute atomic E-state index is 5.59. The second kappa shape index (κ2) is 4.14. The third-order valence-electron chi connectivity index (χ3n) is 3.00. The Morgan fingerprint density at radius 2 is 2.38 bits per heavy atom. The smallest absolute Gasteiger partial charge is 0.295 e. The average molecular weight is 217 g/mol. The predicted octanol–water partition coefficient (Wildman–Crippen LogP) is 1.85. The molecule has 2 N–H and O–H groups in total. The van der Waals surface area contributed by atoms with Crippen molar-refractivity contribution in [1.82, 2.24) is 10.3 Å². The lowest BCUT2D eigenvalue weighted by atomic mass is 10.1. The van der Waals surface area contributed by atoms with Crippen LogP contribution in [0.15, 0.2) is 28.7 Å². The molecular weight excluding hydrogens is 202 g/mol. The Hall–Kier alpha value is -1.55. The molecule has 2 aromatic rings. The van der Waals surface area contributed by atoms with Gasteiger partial charge in [0, 0.05) is 6.54 Å². The van der Waals surface area contributed by atoms with E-state index in [4.69, 9.17) is 4.42 Å². The van der Waals surface area contributed by atoms with Crippen molar-refractivity contribution in [2.75, 3.05) is 25.0 Å². The minimum absolute atomic E-state index is 0.633. The Kier molecular flexibility index (Phi) is 2.50. The molecule has 16 heavy (non-hydrogen) atoms. The number of hydrogen-bond acceptors (Lipinski definition) is 4. The molecule has 1 aliphatic heterocycles. The lowest BCUT2D eigenvalue weighted by Crippen LogP contribution is -2.17. The first-order valence-corrected chi connectivity index (χ1v) is 5.72. The first kappa shape index (κ1) is 9.66. The first-order valence-electron chi connectivity index (χ1n) is 5.72. The van der Waals surface area contributed by atoms with Gasteiger partial charge in [0.1, 0.15) is 5.52 Å². The SMILES string of the molecule is c1ccc2oc(NC[C@@H]3CCNC3)nc2c1. The highest BCUT2D eigenvalue weighted by atomic mass is 16.4. The van der Waals surface area contributed by atoms with E-state index in [0.29, 0.717) is 11.9 Å². The van der Waals surface area contributed by atoms with Gasteiger partial charge in [-0.15, -0.1) is 0 Å². The Morgan fingerprint density at radius 1 is 1.44 bits per heavy atom. The lowest BCUT2D eigenvalue weighted by molar-refractivity contribution is 0.574. The summed E-state index contributed by atoms with van der Waals surface area (Å²) in [6, 6.07) is 8.45. The van der Waals surface area contributed by atoms with Crippen LogP contribution in [0.25, 0.3) is 11.1 Å². The van der Waals surface area contributed by atoms with Crippen LogP contribution in [0.5, 0.6) is 0 Å². The highest BCUT2D eigenvalue weighted by molar-refractivity contribution is 5.74. The average Bonchev–Trinajstić information content (AvgIpc) is 2.95. The fraction of sp³-hybridized carbons (Fsp3) is 0.417. The number of rotatable bonds is 3. The molecule has 1 aromatic carbocycles. The lowest BCUT2D eigenvalue weighted by Gasteiger charge is -2.07. The molecule has 0 unspecified atom stereocenters. The van der Waals surface area contributed by atoms with E-state index in [1.807, 2.05) is 24.3 Å². The van der Waals surface area contributed by atoms with Crippen LogP contribution in [-0.4, -0.2) is 24.6 Å². The van der Waals surface area contributed by atoms with E-state index in [9.17, 15) is 0 Å². The standard InChI is InChI=1S/C12H15N3O/c1-2-4-11-10(3-1)15-12(16-11)14-8-9-5-6-13-7-9/h1-4,9,13H,5-8H2,(H,14,15)/t9-/m1/s1. The van der Waals surface area contributed by atoms with Crippen LogP contribution in [-0.2, 0) is 0 Å². The van der Waals surface area contributed by atoms with Gasteiger partial charge in [-0.3, -0.25) is 0 Å². The van der Waals surface area contributed by atoms with Gasteiger partial charge in [-0.1, -0.05) is 12.1 Å². The quantitative estimate of drug-likeness (QED) is 0.823. The molecule has 0 spiro atoms. The minimum Gasteiger partial charge on any atom is -0.424 e. The molecule has 2 heterocycles. The van der Waals surface area contributed by atoms with Crippen LogP contribution in [0.4, 0.5) is 6.01 Å². The molecule has 0 amide bonds. The molecule has 1 aromatic heterocycles. The molecule has 3 rings (SSSR count). The summed E-state index contributed by atoms with van der Waals surface area (Å²) >= 11 is 0. The highest BCUT2D eigenvalue weighted by Crippen LogP contribution is 2.18. The van der Waals surface area contributed by atoms with E-state index >= 15 is 0 Å². The molecule has 84 valence electrons. The van der Waals surface area contributed by atoms with Crippen molar-refractivity contribution >= 4 is 17.1 Å². The molecule has 0 bridgehead atoms. The van der Waals surface area contributed by atoms with Gasteiger partial charge in [-0.2, -0.15) is 4.98 Å². The van der Waals surface area contributed by atoms with Gasteiger partial charge in [0.25, 0.3) is 6.01 Å². The molecule has 0 aliphatic carbocycles. The van der Waals surface area contributed by atoms with Crippen molar-refractivity contribution in [3.8, 4) is 0 Å².